The van der Waals surface area contributed by atoms with Crippen LogP contribution in [0.4, 0.5) is 13.2 Å². The highest BCUT2D eigenvalue weighted by atomic mass is 19.4. The van der Waals surface area contributed by atoms with Crippen molar-refractivity contribution in [3.8, 4) is 0 Å². The first-order chi connectivity index (χ1) is 8.52. The molecule has 2 aromatic rings. The van der Waals surface area contributed by atoms with E-state index in [0.29, 0.717) is 5.52 Å². The fraction of sp³-hybridized carbons (Fsp3) is 0.308. The molecule has 0 saturated carbocycles. The van der Waals surface area contributed by atoms with E-state index in [4.69, 9.17) is 0 Å². The molecular weight excluding hydrogens is 241 g/mol. The maximum Gasteiger partial charge on any atom is 0.407 e. The summed E-state index contributed by atoms with van der Waals surface area (Å²) in [6.07, 6.45) is -2.74. The van der Waals surface area contributed by atoms with Crippen molar-refractivity contribution in [1.82, 2.24) is 10.3 Å². The fourth-order valence-electron chi connectivity index (χ4n) is 1.89. The van der Waals surface area contributed by atoms with E-state index < -0.39 is 12.2 Å². The van der Waals surface area contributed by atoms with Gasteiger partial charge in [0.05, 0.1) is 5.52 Å². The van der Waals surface area contributed by atoms with Crippen molar-refractivity contribution in [2.24, 2.45) is 0 Å². The second kappa shape index (κ2) is 4.94. The Balaban J connectivity index is 2.44. The summed E-state index contributed by atoms with van der Waals surface area (Å²) in [7, 11) is 0. The molecule has 0 bridgehead atoms. The van der Waals surface area contributed by atoms with Crippen molar-refractivity contribution in [3.63, 3.8) is 0 Å². The number of nitrogens with zero attached hydrogens (tertiary/aromatic N) is 1. The van der Waals surface area contributed by atoms with Crippen molar-refractivity contribution in [1.29, 1.82) is 0 Å². The number of hydrogen-bond donors (Lipinski definition) is 1. The van der Waals surface area contributed by atoms with Gasteiger partial charge in [0.25, 0.3) is 0 Å². The Hall–Kier alpha value is -1.62. The highest BCUT2D eigenvalue weighted by Gasteiger charge is 2.40. The van der Waals surface area contributed by atoms with Crippen LogP contribution >= 0.6 is 0 Å². The first kappa shape index (κ1) is 12.8. The number of benzene rings is 1. The van der Waals surface area contributed by atoms with Gasteiger partial charge in [0.2, 0.25) is 0 Å². The Kier molecular flexibility index (Phi) is 3.52. The van der Waals surface area contributed by atoms with Gasteiger partial charge in [-0.25, -0.2) is 0 Å². The average Bonchev–Trinajstić information content (AvgIpc) is 2.34. The Labute approximate surface area is 103 Å². The van der Waals surface area contributed by atoms with Gasteiger partial charge in [-0.1, -0.05) is 25.1 Å². The van der Waals surface area contributed by atoms with Crippen molar-refractivity contribution < 1.29 is 13.2 Å². The van der Waals surface area contributed by atoms with Gasteiger partial charge in [0.1, 0.15) is 6.04 Å². The zero-order chi connectivity index (χ0) is 13.2. The standard InChI is InChI=1S/C13H13F3N2/c1-2-17-12(13(14,15)16)10-6-5-9-4-3-7-18-11(9)8-10/h3-8,12,17H,2H2,1H3. The van der Waals surface area contributed by atoms with Gasteiger partial charge in [-0.3, -0.25) is 4.98 Å². The molecule has 1 N–H and O–H groups in total. The summed E-state index contributed by atoms with van der Waals surface area (Å²) in [6.45, 7) is 1.91. The predicted octanol–water partition coefficient (Wildman–Crippen LogP) is 3.45. The summed E-state index contributed by atoms with van der Waals surface area (Å²) in [5.41, 5.74) is 0.762. The van der Waals surface area contributed by atoms with Gasteiger partial charge in [0.15, 0.2) is 0 Å². The Morgan fingerprint density at radius 2 is 2.06 bits per heavy atom. The summed E-state index contributed by atoms with van der Waals surface area (Å²) in [5, 5.41) is 3.28. The molecule has 96 valence electrons. The molecule has 0 spiro atoms. The molecule has 0 amide bonds. The molecule has 1 unspecified atom stereocenters. The number of alkyl halides is 3. The zero-order valence-corrected chi connectivity index (χ0v) is 9.83. The van der Waals surface area contributed by atoms with Crippen LogP contribution in [-0.4, -0.2) is 17.7 Å². The normalized spacial score (nSPS) is 13.8. The van der Waals surface area contributed by atoms with Crippen molar-refractivity contribution in [2.75, 3.05) is 6.54 Å². The number of pyridine rings is 1. The highest BCUT2D eigenvalue weighted by Crippen LogP contribution is 2.33. The molecular formula is C13H13F3N2. The third kappa shape index (κ3) is 2.61. The topological polar surface area (TPSA) is 24.9 Å². The number of nitrogens with one attached hydrogen (secondary N) is 1. The van der Waals surface area contributed by atoms with Crippen LogP contribution in [0.15, 0.2) is 36.5 Å². The molecule has 18 heavy (non-hydrogen) atoms. The van der Waals surface area contributed by atoms with Crippen molar-refractivity contribution in [2.45, 2.75) is 19.1 Å². The quantitative estimate of drug-likeness (QED) is 0.907. The number of aromatic nitrogens is 1. The second-order valence-electron chi connectivity index (χ2n) is 3.99. The molecule has 0 fully saturated rings. The van der Waals surface area contributed by atoms with Crippen LogP contribution in [0, 0.1) is 0 Å². The minimum Gasteiger partial charge on any atom is -0.303 e. The van der Waals surface area contributed by atoms with E-state index in [0.717, 1.165) is 5.39 Å². The molecule has 0 aliphatic rings. The molecule has 2 rings (SSSR count). The van der Waals surface area contributed by atoms with E-state index in [-0.39, 0.29) is 12.1 Å². The monoisotopic (exact) mass is 254 g/mol. The van der Waals surface area contributed by atoms with E-state index in [1.165, 1.54) is 12.1 Å². The lowest BCUT2D eigenvalue weighted by Gasteiger charge is -2.21. The van der Waals surface area contributed by atoms with Crippen LogP contribution in [0.1, 0.15) is 18.5 Å². The lowest BCUT2D eigenvalue weighted by molar-refractivity contribution is -0.157. The number of hydrogen-bond acceptors (Lipinski definition) is 2. The second-order valence-corrected chi connectivity index (χ2v) is 3.99. The zero-order valence-electron chi connectivity index (χ0n) is 9.83. The van der Waals surface area contributed by atoms with E-state index in [9.17, 15) is 13.2 Å². The van der Waals surface area contributed by atoms with Gasteiger partial charge in [-0.15, -0.1) is 0 Å². The lowest BCUT2D eigenvalue weighted by Crippen LogP contribution is -2.33. The van der Waals surface area contributed by atoms with Crippen molar-refractivity contribution >= 4 is 10.9 Å². The number of rotatable bonds is 3. The van der Waals surface area contributed by atoms with Gasteiger partial charge in [0, 0.05) is 11.6 Å². The Morgan fingerprint density at radius 1 is 1.28 bits per heavy atom. The smallest absolute Gasteiger partial charge is 0.303 e. The van der Waals surface area contributed by atoms with Gasteiger partial charge in [-0.2, -0.15) is 13.2 Å². The van der Waals surface area contributed by atoms with E-state index in [1.807, 2.05) is 6.07 Å². The minimum absolute atomic E-state index is 0.190. The maximum atomic E-state index is 12.9. The van der Waals surface area contributed by atoms with Crippen LogP contribution in [0.3, 0.4) is 0 Å². The van der Waals surface area contributed by atoms with Gasteiger partial charge >= 0.3 is 6.18 Å². The summed E-state index contributed by atoms with van der Waals surface area (Å²) in [5.74, 6) is 0. The van der Waals surface area contributed by atoms with Crippen LogP contribution in [0.25, 0.3) is 10.9 Å². The molecule has 1 heterocycles. The first-order valence-electron chi connectivity index (χ1n) is 5.67. The van der Waals surface area contributed by atoms with Crippen LogP contribution in [0.2, 0.25) is 0 Å². The van der Waals surface area contributed by atoms with Gasteiger partial charge in [-0.05, 0) is 24.2 Å². The SMILES string of the molecule is CCNC(c1ccc2cccnc2c1)C(F)(F)F. The summed E-state index contributed by atoms with van der Waals surface area (Å²) >= 11 is 0. The minimum atomic E-state index is -4.31. The van der Waals surface area contributed by atoms with Crippen molar-refractivity contribution in [3.05, 3.63) is 42.1 Å². The predicted molar refractivity (Wildman–Crippen MR) is 64.2 cm³/mol. The summed E-state index contributed by atoms with van der Waals surface area (Å²) in [6, 6.07) is 6.57. The molecule has 0 saturated heterocycles. The molecule has 0 radical (unpaired) electrons. The number of halogens is 3. The molecule has 2 nitrogen and oxygen atoms in total. The molecule has 0 aliphatic heterocycles. The average molecular weight is 254 g/mol. The number of fused-ring (bicyclic) bond motifs is 1. The maximum absolute atomic E-state index is 12.9. The molecule has 1 aromatic heterocycles. The van der Waals surface area contributed by atoms with Gasteiger partial charge < -0.3 is 5.32 Å². The van der Waals surface area contributed by atoms with Crippen LogP contribution in [0.5, 0.6) is 0 Å². The molecule has 0 aliphatic carbocycles. The van der Waals surface area contributed by atoms with Crippen LogP contribution < -0.4 is 5.32 Å². The Bertz CT molecular complexity index is 537. The Morgan fingerprint density at radius 3 is 2.72 bits per heavy atom. The summed E-state index contributed by atoms with van der Waals surface area (Å²) in [4.78, 5) is 4.07. The molecule has 1 atom stereocenters. The third-order valence-electron chi connectivity index (χ3n) is 2.70. The fourth-order valence-corrected chi connectivity index (χ4v) is 1.89. The highest BCUT2D eigenvalue weighted by molar-refractivity contribution is 5.79. The molecule has 5 heteroatoms. The van der Waals surface area contributed by atoms with E-state index >= 15 is 0 Å². The summed E-state index contributed by atoms with van der Waals surface area (Å²) < 4.78 is 38.7. The molecule has 1 aromatic carbocycles. The van der Waals surface area contributed by atoms with Crippen LogP contribution in [-0.2, 0) is 0 Å². The lowest BCUT2D eigenvalue weighted by atomic mass is 10.0. The van der Waals surface area contributed by atoms with E-state index in [2.05, 4.69) is 10.3 Å². The first-order valence-corrected chi connectivity index (χ1v) is 5.67. The third-order valence-corrected chi connectivity index (χ3v) is 2.70. The largest absolute Gasteiger partial charge is 0.407 e. The van der Waals surface area contributed by atoms with E-state index in [1.54, 1.807) is 25.3 Å².